The van der Waals surface area contributed by atoms with Gasteiger partial charge in [-0.1, -0.05) is 80.3 Å². The lowest BCUT2D eigenvalue weighted by atomic mass is 9.78. The van der Waals surface area contributed by atoms with Crippen LogP contribution in [0.25, 0.3) is 0 Å². The Bertz CT molecular complexity index is 3020. The first kappa shape index (κ1) is 71.7. The van der Waals surface area contributed by atoms with Gasteiger partial charge in [0.05, 0.1) is 54.3 Å². The number of carbonyl (C=O) groups excluding carboxylic acids is 9. The van der Waals surface area contributed by atoms with Crippen molar-refractivity contribution in [3.05, 3.63) is 80.9 Å². The van der Waals surface area contributed by atoms with E-state index in [0.717, 1.165) is 35.3 Å². The molecule has 89 heavy (non-hydrogen) atoms. The molecule has 1 saturated carbocycles. The molecule has 5 N–H and O–H groups in total. The summed E-state index contributed by atoms with van der Waals surface area (Å²) in [5, 5.41) is 17.5. The van der Waals surface area contributed by atoms with Crippen LogP contribution in [0.2, 0.25) is 10.0 Å². The van der Waals surface area contributed by atoms with Gasteiger partial charge < -0.3 is 59.7 Å². The molecule has 3 fully saturated rings. The number of primary amides is 1. The molecule has 490 valence electrons. The molecule has 0 unspecified atom stereocenters. The summed E-state index contributed by atoms with van der Waals surface area (Å²) in [6, 6.07) is 4.83. The molecule has 10 atom stereocenters. The van der Waals surface area contributed by atoms with E-state index in [1.54, 1.807) is 38.1 Å². The monoisotopic (exact) mass is 1280 g/mol. The highest BCUT2D eigenvalue weighted by molar-refractivity contribution is 6.35. The van der Waals surface area contributed by atoms with Crippen LogP contribution in [0.3, 0.4) is 0 Å². The van der Waals surface area contributed by atoms with Crippen LogP contribution in [0.1, 0.15) is 160 Å². The van der Waals surface area contributed by atoms with Gasteiger partial charge in [-0.2, -0.15) is 0 Å². The molecule has 23 heteroatoms. The molecule has 2 saturated heterocycles. The van der Waals surface area contributed by atoms with Crippen LogP contribution in [0, 0.1) is 23.7 Å². The van der Waals surface area contributed by atoms with Crippen molar-refractivity contribution in [3.8, 4) is 5.75 Å². The number of likely N-dealkylation sites (N-methyl/N-ethyl adjacent to an activating group) is 1. The largest absolute Gasteiger partial charge is 0.495 e. The zero-order chi connectivity index (χ0) is 65.9. The fourth-order valence-corrected chi connectivity index (χ4v) is 12.4. The summed E-state index contributed by atoms with van der Waals surface area (Å²) in [4.78, 5) is 124. The van der Waals surface area contributed by atoms with E-state index in [1.165, 1.54) is 58.3 Å². The molecular weight excluding hydrogens is 1190 g/mol. The predicted octanol–water partition coefficient (Wildman–Crippen LogP) is 8.69. The van der Waals surface area contributed by atoms with E-state index in [2.05, 4.69) is 10.6 Å². The molecule has 4 bridgehead atoms. The fraction of sp³-hybridized carbons (Fsp3) is 0.621. The second-order valence-corrected chi connectivity index (χ2v) is 26.5. The molecule has 21 nitrogen and oxygen atoms in total. The lowest BCUT2D eigenvalue weighted by molar-refractivity contribution is -0.187. The van der Waals surface area contributed by atoms with Gasteiger partial charge in [-0.05, 0) is 127 Å². The van der Waals surface area contributed by atoms with Crippen LogP contribution in [0.5, 0.6) is 5.75 Å². The highest BCUT2D eigenvalue weighted by atomic mass is 35.5. The standard InChI is InChI=1S/C66H91Cl2N5O16/c1-37(2)46(33-44(74)21-13-14-26-64(6,7)89-62(81)43-19-16-20-43)59(78)71-48(22-17-27-70-63(69)82)50(75)31-41-24-25-45(47(67)29-41)60(79)72(9)40(5)61(80)87-54-34-55(76)73(10)49-30-42(32-51(84-11)57(49)68)28-38(3)18-15-23-53(85-12)66(83)35-52(86-56(77)36-66)39(4)58-65(54,8)88-58/h15,18,23-25,29-30,32,37,39-40,43,46,48,52-54,58,83H,13-14,16-17,19-22,26-28,31,33-36H2,1-12H3,(H,71,78)(H3,69,70,82)/b23-15+,38-18+/t39-,40+,46+,48+,52+,53-,54+,58+,65+,66-/m1/s1. The molecule has 2 aromatic rings. The third-order valence-electron chi connectivity index (χ3n) is 17.9. The quantitative estimate of drug-likeness (QED) is 0.0313. The van der Waals surface area contributed by atoms with Crippen molar-refractivity contribution in [1.29, 1.82) is 0 Å². The number of nitrogens with zero attached hydrogens (tertiary/aromatic N) is 2. The number of esters is 3. The Hall–Kier alpha value is -6.39. The molecule has 3 heterocycles. The second kappa shape index (κ2) is 31.1. The molecule has 1 aliphatic carbocycles. The van der Waals surface area contributed by atoms with E-state index in [0.29, 0.717) is 42.7 Å². The summed E-state index contributed by atoms with van der Waals surface area (Å²) in [6.45, 7) is 14.3. The second-order valence-electron chi connectivity index (χ2n) is 25.7. The summed E-state index contributed by atoms with van der Waals surface area (Å²) in [5.74, 6) is -5.27. The number of nitrogens with one attached hydrogen (secondary N) is 2. The average molecular weight is 1280 g/mol. The van der Waals surface area contributed by atoms with Crippen molar-refractivity contribution >= 4 is 82.1 Å². The van der Waals surface area contributed by atoms with Crippen molar-refractivity contribution in [2.24, 2.45) is 29.4 Å². The maximum Gasteiger partial charge on any atom is 0.328 e. The Morgan fingerprint density at radius 1 is 1.01 bits per heavy atom. The average Bonchev–Trinajstić information content (AvgIpc) is 1.62. The summed E-state index contributed by atoms with van der Waals surface area (Å²) in [5.41, 5.74) is 3.95. The molecule has 6 rings (SSSR count). The Labute approximate surface area is 532 Å². The third-order valence-corrected chi connectivity index (χ3v) is 18.6. The van der Waals surface area contributed by atoms with Crippen molar-refractivity contribution in [2.75, 3.05) is 39.8 Å². The van der Waals surface area contributed by atoms with E-state index < -0.39 is 113 Å². The molecule has 5 amide bonds. The van der Waals surface area contributed by atoms with Gasteiger partial charge >= 0.3 is 23.9 Å². The number of ketones is 2. The number of Topliss-reactive ketones (excluding diaryl/α,β-unsaturated/α-hetero) is 2. The number of fused-ring (bicyclic) bond motifs is 5. The number of rotatable bonds is 25. The van der Waals surface area contributed by atoms with Gasteiger partial charge in [0.2, 0.25) is 11.8 Å². The zero-order valence-electron chi connectivity index (χ0n) is 53.5. The van der Waals surface area contributed by atoms with Crippen molar-refractivity contribution in [1.82, 2.24) is 15.5 Å². The van der Waals surface area contributed by atoms with Crippen LogP contribution < -0.4 is 26.0 Å². The van der Waals surface area contributed by atoms with Gasteiger partial charge in [-0.3, -0.25) is 33.6 Å². The minimum Gasteiger partial charge on any atom is -0.495 e. The normalized spacial score (nSPS) is 25.1. The van der Waals surface area contributed by atoms with E-state index in [-0.39, 0.29) is 90.7 Å². The van der Waals surface area contributed by atoms with Gasteiger partial charge in [0.15, 0.2) is 5.78 Å². The topological polar surface area (TPSA) is 289 Å². The maximum absolute atomic E-state index is 14.5. The number of halogens is 2. The molecule has 3 aliphatic heterocycles. The van der Waals surface area contributed by atoms with Crippen LogP contribution in [-0.4, -0.2) is 151 Å². The van der Waals surface area contributed by atoms with E-state index in [9.17, 15) is 48.3 Å². The van der Waals surface area contributed by atoms with Gasteiger partial charge in [0.1, 0.15) is 57.7 Å². The predicted molar refractivity (Wildman–Crippen MR) is 334 cm³/mol. The zero-order valence-corrected chi connectivity index (χ0v) is 55.0. The maximum atomic E-state index is 14.5. The number of epoxide rings is 1. The summed E-state index contributed by atoms with van der Waals surface area (Å²) >= 11 is 13.7. The number of hydrogen-bond donors (Lipinski definition) is 4. The van der Waals surface area contributed by atoms with Crippen LogP contribution in [0.15, 0.2) is 54.1 Å². The number of anilines is 1. The number of urea groups is 1. The van der Waals surface area contributed by atoms with Gasteiger partial charge in [-0.15, -0.1) is 0 Å². The van der Waals surface area contributed by atoms with Crippen LogP contribution in [-0.2, 0) is 70.1 Å². The number of aliphatic hydroxyl groups is 1. The highest BCUT2D eigenvalue weighted by Crippen LogP contribution is 2.50. The number of hydrogen-bond acceptors (Lipinski definition) is 16. The van der Waals surface area contributed by atoms with Crippen molar-refractivity contribution in [3.63, 3.8) is 0 Å². The number of carbonyl (C=O) groups is 9. The fourth-order valence-electron chi connectivity index (χ4n) is 11.8. The molecule has 0 spiro atoms. The van der Waals surface area contributed by atoms with E-state index in [1.807, 2.05) is 40.7 Å². The van der Waals surface area contributed by atoms with Crippen molar-refractivity contribution < 1.29 is 76.7 Å². The third kappa shape index (κ3) is 18.9. The SMILES string of the molecule is COc1cc2cc(c1Cl)N(C)C(=O)C[C@H](OC(=O)[C@H](C)N(C)C(=O)c1ccc(CC(=O)[C@H](CCCNC(N)=O)NC(=O)[C@@H](CC(=O)CCCCC(C)(C)OC(=O)C3CCC3)C(C)C)cc1Cl)[C@]1(C)O[C@H]1[C@H](C)[C@@H]1C[C@@](O)(CC(=O)O1)[C@H](OC)/C=C/C=C(\C)C2. The molecule has 0 radical (unpaired) electrons. The number of benzene rings is 2. The number of nitrogens with two attached hydrogens (primary N) is 1. The first-order valence-corrected chi connectivity index (χ1v) is 31.5. The number of unbranched alkanes of at least 4 members (excludes halogenated alkanes) is 1. The Kier molecular flexibility index (Phi) is 25.0. The summed E-state index contributed by atoms with van der Waals surface area (Å²) in [7, 11) is 5.81. The Morgan fingerprint density at radius 2 is 1.72 bits per heavy atom. The Balaban J connectivity index is 1.15. The lowest BCUT2D eigenvalue weighted by Crippen LogP contribution is -2.53. The van der Waals surface area contributed by atoms with Crippen molar-refractivity contribution in [2.45, 2.75) is 205 Å². The Morgan fingerprint density at radius 3 is 2.35 bits per heavy atom. The number of allylic oxidation sites excluding steroid dienone is 3. The van der Waals surface area contributed by atoms with Crippen LogP contribution >= 0.6 is 23.2 Å². The molecule has 0 aromatic heterocycles. The van der Waals surface area contributed by atoms with Gasteiger partial charge in [-0.25, -0.2) is 9.59 Å². The smallest absolute Gasteiger partial charge is 0.328 e. The molecule has 4 aliphatic rings. The van der Waals surface area contributed by atoms with Gasteiger partial charge in [0, 0.05) is 65.3 Å². The number of ether oxygens (including phenoxy) is 6. The van der Waals surface area contributed by atoms with E-state index in [4.69, 9.17) is 57.4 Å². The van der Waals surface area contributed by atoms with Gasteiger partial charge in [0.25, 0.3) is 5.91 Å². The number of methoxy groups -OCH3 is 2. The first-order chi connectivity index (χ1) is 41.8. The molecule has 2 aromatic carbocycles. The van der Waals surface area contributed by atoms with E-state index >= 15 is 0 Å². The first-order valence-electron chi connectivity index (χ1n) is 30.8. The minimum atomic E-state index is -1.67. The van der Waals surface area contributed by atoms with Crippen LogP contribution in [0.4, 0.5) is 10.5 Å². The minimum absolute atomic E-state index is 0.0172. The summed E-state index contributed by atoms with van der Waals surface area (Å²) in [6.07, 6.45) is 5.88. The highest BCUT2D eigenvalue weighted by Gasteiger charge is 2.64. The summed E-state index contributed by atoms with van der Waals surface area (Å²) < 4.78 is 35.6. The lowest BCUT2D eigenvalue weighted by Gasteiger charge is -2.41. The molecular formula is C66H91Cl2N5O16. The number of amides is 5.